The molecule has 136 valence electrons. The van der Waals surface area contributed by atoms with Crippen LogP contribution in [0.1, 0.15) is 18.9 Å². The van der Waals surface area contributed by atoms with E-state index >= 15 is 0 Å². The van der Waals surface area contributed by atoms with Crippen LogP contribution in [-0.2, 0) is 11.3 Å². The second kappa shape index (κ2) is 8.45. The average Bonchev–Trinajstić information content (AvgIpc) is 3.11. The summed E-state index contributed by atoms with van der Waals surface area (Å²) in [6.07, 6.45) is 0.858. The van der Waals surface area contributed by atoms with Gasteiger partial charge in [0.1, 0.15) is 0 Å². The molecule has 25 heavy (non-hydrogen) atoms. The molecule has 2 atom stereocenters. The molecule has 6 nitrogen and oxygen atoms in total. The molecule has 2 aliphatic rings. The maximum absolute atomic E-state index is 12.0. The van der Waals surface area contributed by atoms with Gasteiger partial charge in [0.25, 0.3) is 0 Å². The van der Waals surface area contributed by atoms with Crippen LogP contribution >= 0.6 is 0 Å². The molecule has 0 aliphatic carbocycles. The number of nitrogens with one attached hydrogen (secondary N) is 2. The zero-order valence-electron chi connectivity index (χ0n) is 14.9. The molecule has 0 aromatic heterocycles. The number of rotatable bonds is 6. The van der Waals surface area contributed by atoms with Crippen LogP contribution in [0.15, 0.2) is 30.3 Å². The number of amides is 3. The zero-order chi connectivity index (χ0) is 17.6. The fraction of sp³-hybridized carbons (Fsp3) is 0.579. The molecule has 3 rings (SSSR count). The Labute approximate surface area is 149 Å². The summed E-state index contributed by atoms with van der Waals surface area (Å²) >= 11 is 0. The summed E-state index contributed by atoms with van der Waals surface area (Å²) < 4.78 is 0. The van der Waals surface area contributed by atoms with Gasteiger partial charge < -0.3 is 5.32 Å². The van der Waals surface area contributed by atoms with Crippen LogP contribution in [0.3, 0.4) is 0 Å². The number of likely N-dealkylation sites (tertiary alicyclic amines) is 2. The minimum absolute atomic E-state index is 0.213. The largest absolute Gasteiger partial charge is 0.338 e. The van der Waals surface area contributed by atoms with E-state index < -0.39 is 0 Å². The Kier molecular flexibility index (Phi) is 6.04. The first-order chi connectivity index (χ1) is 12.1. The maximum Gasteiger partial charge on any atom is 0.321 e. The Morgan fingerprint density at radius 1 is 1.04 bits per heavy atom. The van der Waals surface area contributed by atoms with E-state index in [1.807, 2.05) is 13.0 Å². The van der Waals surface area contributed by atoms with Crippen LogP contribution in [0.5, 0.6) is 0 Å². The zero-order valence-corrected chi connectivity index (χ0v) is 14.9. The summed E-state index contributed by atoms with van der Waals surface area (Å²) in [5, 5.41) is 5.07. The van der Waals surface area contributed by atoms with Gasteiger partial charge in [-0.15, -0.1) is 0 Å². The minimum Gasteiger partial charge on any atom is -0.338 e. The average molecular weight is 344 g/mol. The van der Waals surface area contributed by atoms with Gasteiger partial charge >= 0.3 is 6.03 Å². The van der Waals surface area contributed by atoms with Crippen molar-refractivity contribution in [3.05, 3.63) is 35.9 Å². The van der Waals surface area contributed by atoms with Crippen molar-refractivity contribution < 1.29 is 9.59 Å². The molecule has 0 saturated carbocycles. The van der Waals surface area contributed by atoms with E-state index in [2.05, 4.69) is 44.7 Å². The van der Waals surface area contributed by atoms with Gasteiger partial charge in [-0.25, -0.2) is 4.79 Å². The van der Waals surface area contributed by atoms with E-state index in [1.165, 1.54) is 5.56 Å². The van der Waals surface area contributed by atoms with Gasteiger partial charge in [-0.1, -0.05) is 37.3 Å². The monoisotopic (exact) mass is 344 g/mol. The summed E-state index contributed by atoms with van der Waals surface area (Å²) in [4.78, 5) is 28.2. The summed E-state index contributed by atoms with van der Waals surface area (Å²) in [5.41, 5.74) is 1.36. The van der Waals surface area contributed by atoms with Gasteiger partial charge in [-0.3, -0.25) is 19.9 Å². The maximum atomic E-state index is 12.0. The second-order valence-corrected chi connectivity index (χ2v) is 7.20. The highest BCUT2D eigenvalue weighted by molar-refractivity contribution is 5.95. The summed E-state index contributed by atoms with van der Waals surface area (Å²) in [6, 6.07) is 10.2. The Balaban J connectivity index is 1.39. The molecule has 2 aliphatic heterocycles. The number of carbonyl (C=O) groups excluding carboxylic acids is 2. The van der Waals surface area contributed by atoms with E-state index in [0.29, 0.717) is 24.9 Å². The molecule has 2 N–H and O–H groups in total. The highest BCUT2D eigenvalue weighted by Gasteiger charge is 2.40. The van der Waals surface area contributed by atoms with Crippen molar-refractivity contribution >= 4 is 11.9 Å². The highest BCUT2D eigenvalue weighted by atomic mass is 16.2. The molecule has 2 saturated heterocycles. The Bertz CT molecular complexity index is 578. The van der Waals surface area contributed by atoms with Crippen LogP contribution in [-0.4, -0.2) is 61.0 Å². The molecule has 2 fully saturated rings. The molecule has 1 aromatic carbocycles. The van der Waals surface area contributed by atoms with Crippen LogP contribution < -0.4 is 10.6 Å². The fourth-order valence-electron chi connectivity index (χ4n) is 3.94. The van der Waals surface area contributed by atoms with Crippen LogP contribution in [0.2, 0.25) is 0 Å². The molecule has 0 bridgehead atoms. The number of imide groups is 1. The number of nitrogens with zero attached hydrogens (tertiary/aromatic N) is 2. The second-order valence-electron chi connectivity index (χ2n) is 7.20. The van der Waals surface area contributed by atoms with Crippen molar-refractivity contribution in [2.24, 2.45) is 11.8 Å². The van der Waals surface area contributed by atoms with E-state index in [-0.39, 0.29) is 11.9 Å². The first-order valence-electron chi connectivity index (χ1n) is 9.20. The summed E-state index contributed by atoms with van der Waals surface area (Å²) in [6.45, 7) is 7.96. The lowest BCUT2D eigenvalue weighted by molar-refractivity contribution is -0.121. The van der Waals surface area contributed by atoms with Crippen molar-refractivity contribution in [2.45, 2.75) is 19.9 Å². The number of carbonyl (C=O) groups is 2. The van der Waals surface area contributed by atoms with Crippen LogP contribution in [0.4, 0.5) is 4.79 Å². The van der Waals surface area contributed by atoms with Crippen molar-refractivity contribution in [1.82, 2.24) is 20.4 Å². The Hall–Kier alpha value is -1.92. The fourth-order valence-corrected chi connectivity index (χ4v) is 3.94. The molecular weight excluding hydrogens is 316 g/mol. The number of hydrogen-bond acceptors (Lipinski definition) is 4. The van der Waals surface area contributed by atoms with E-state index in [9.17, 15) is 9.59 Å². The minimum atomic E-state index is -0.389. The van der Waals surface area contributed by atoms with Crippen molar-refractivity contribution in [2.75, 3.05) is 39.3 Å². The predicted octanol–water partition coefficient (Wildman–Crippen LogP) is 1.29. The van der Waals surface area contributed by atoms with Crippen molar-refractivity contribution in [1.29, 1.82) is 0 Å². The van der Waals surface area contributed by atoms with Gasteiger partial charge in [0.15, 0.2) is 0 Å². The molecule has 0 radical (unpaired) electrons. The van der Waals surface area contributed by atoms with Crippen LogP contribution in [0, 0.1) is 11.8 Å². The van der Waals surface area contributed by atoms with E-state index in [4.69, 9.17) is 0 Å². The van der Waals surface area contributed by atoms with E-state index in [0.717, 1.165) is 39.1 Å². The first-order valence-corrected chi connectivity index (χ1v) is 9.20. The highest BCUT2D eigenvalue weighted by Crippen LogP contribution is 2.31. The molecular formula is C19H28N4O2. The summed E-state index contributed by atoms with van der Waals surface area (Å²) in [5.74, 6) is 1.05. The molecule has 3 amide bonds. The van der Waals surface area contributed by atoms with E-state index in [1.54, 1.807) is 0 Å². The smallest absolute Gasteiger partial charge is 0.321 e. The van der Waals surface area contributed by atoms with Gasteiger partial charge in [-0.2, -0.15) is 0 Å². The number of benzene rings is 1. The predicted molar refractivity (Wildman–Crippen MR) is 97.0 cm³/mol. The summed E-state index contributed by atoms with van der Waals surface area (Å²) in [7, 11) is 0. The Morgan fingerprint density at radius 3 is 2.32 bits per heavy atom. The first kappa shape index (κ1) is 17.9. The van der Waals surface area contributed by atoms with Crippen molar-refractivity contribution in [3.8, 4) is 0 Å². The normalized spacial score (nSPS) is 23.4. The lowest BCUT2D eigenvalue weighted by atomic mass is 10.0. The van der Waals surface area contributed by atoms with Gasteiger partial charge in [0, 0.05) is 39.3 Å². The van der Waals surface area contributed by atoms with Gasteiger partial charge in [-0.05, 0) is 23.8 Å². The number of urea groups is 1. The van der Waals surface area contributed by atoms with Crippen molar-refractivity contribution in [3.63, 3.8) is 0 Å². The SMILES string of the molecule is CCCNC(=O)NC(=O)CN1C[C@@H]2CN(Cc3ccccc3)C[C@@H]2C1. The third-order valence-electron chi connectivity index (χ3n) is 5.04. The molecule has 0 unspecified atom stereocenters. The third-order valence-corrected chi connectivity index (χ3v) is 5.04. The topological polar surface area (TPSA) is 64.7 Å². The quantitative estimate of drug-likeness (QED) is 0.816. The third kappa shape index (κ3) is 5.03. The number of fused-ring (bicyclic) bond motifs is 1. The van der Waals surface area contributed by atoms with Crippen LogP contribution in [0.25, 0.3) is 0 Å². The lowest BCUT2D eigenvalue weighted by Gasteiger charge is -2.21. The lowest BCUT2D eigenvalue weighted by Crippen LogP contribution is -2.44. The molecule has 2 heterocycles. The standard InChI is InChI=1S/C19H28N4O2/c1-2-8-20-19(25)21-18(24)14-23-12-16-10-22(11-17(16)13-23)9-15-6-4-3-5-7-15/h3-7,16-17H,2,8-14H2,1H3,(H2,20,21,24,25)/t16-,17+. The molecule has 0 spiro atoms. The van der Waals surface area contributed by atoms with Gasteiger partial charge in [0.05, 0.1) is 6.54 Å². The molecule has 1 aromatic rings. The van der Waals surface area contributed by atoms with Gasteiger partial charge in [0.2, 0.25) is 5.91 Å². The Morgan fingerprint density at radius 2 is 1.68 bits per heavy atom. The number of hydrogen-bond donors (Lipinski definition) is 2. The molecule has 6 heteroatoms.